The maximum absolute atomic E-state index is 12.0. The number of ether oxygens (including phenoxy) is 1. The summed E-state index contributed by atoms with van der Waals surface area (Å²) >= 11 is 6.80. The zero-order valence-electron chi connectivity index (χ0n) is 13.8. The average Bonchev–Trinajstić information content (AvgIpc) is 2.66. The Morgan fingerprint density at radius 1 is 1.00 bits per heavy atom. The highest BCUT2D eigenvalue weighted by molar-refractivity contribution is 9.11. The van der Waals surface area contributed by atoms with Crippen LogP contribution in [0.4, 0.5) is 0 Å². The lowest BCUT2D eigenvalue weighted by atomic mass is 10.2. The minimum Gasteiger partial charge on any atom is -0.435 e. The number of hydrogen-bond acceptors (Lipinski definition) is 6. The number of benzene rings is 2. The summed E-state index contributed by atoms with van der Waals surface area (Å²) in [5.74, 6) is 0.592. The normalized spacial score (nSPS) is 10.9. The maximum Gasteiger partial charge on any atom is 0.349 e. The molecule has 0 aliphatic carbocycles. The van der Waals surface area contributed by atoms with Gasteiger partial charge in [-0.2, -0.15) is 9.78 Å². The summed E-state index contributed by atoms with van der Waals surface area (Å²) in [6.45, 7) is 0. The number of rotatable bonds is 3. The van der Waals surface area contributed by atoms with Crippen LogP contribution >= 0.6 is 31.9 Å². The lowest BCUT2D eigenvalue weighted by molar-refractivity contribution is 0.455. The second-order valence-electron chi connectivity index (χ2n) is 5.59. The van der Waals surface area contributed by atoms with Crippen LogP contribution in [0, 0.1) is 0 Å². The van der Waals surface area contributed by atoms with Gasteiger partial charge in [0.05, 0.1) is 25.4 Å². The predicted octanol–water partition coefficient (Wildman–Crippen LogP) is 2.47. The van der Waals surface area contributed by atoms with Crippen molar-refractivity contribution in [2.45, 2.75) is 0 Å². The fourth-order valence-electron chi connectivity index (χ4n) is 2.57. The molecule has 4 rings (SSSR count). The summed E-state index contributed by atoms with van der Waals surface area (Å²) < 4.78 is 7.93. The molecule has 4 aromatic rings. The number of nitrogens with one attached hydrogen (secondary N) is 2. The molecule has 11 heteroatoms. The second kappa shape index (κ2) is 7.17. The summed E-state index contributed by atoms with van der Waals surface area (Å²) in [4.78, 5) is 37.2. The maximum atomic E-state index is 12.0. The van der Waals surface area contributed by atoms with Gasteiger partial charge in [-0.25, -0.2) is 9.89 Å². The summed E-state index contributed by atoms with van der Waals surface area (Å²) in [6.07, 6.45) is 1.00. The Balaban J connectivity index is 1.80. The van der Waals surface area contributed by atoms with Gasteiger partial charge in [-0.3, -0.25) is 14.6 Å². The molecule has 2 aromatic carbocycles. The van der Waals surface area contributed by atoms with E-state index >= 15 is 0 Å². The number of hydrogen-bond donors (Lipinski definition) is 2. The molecular weight excluding hydrogens is 498 g/mol. The Morgan fingerprint density at radius 2 is 1.68 bits per heavy atom. The fourth-order valence-corrected chi connectivity index (χ4v) is 3.89. The molecule has 0 aliphatic rings. The van der Waals surface area contributed by atoms with Crippen molar-refractivity contribution in [3.05, 3.63) is 82.7 Å². The molecule has 2 heterocycles. The minimum atomic E-state index is -0.673. The summed E-state index contributed by atoms with van der Waals surface area (Å²) in [7, 11) is 0. The summed E-state index contributed by atoms with van der Waals surface area (Å²) in [5, 5.41) is 11.2. The molecule has 0 unspecified atom stereocenters. The van der Waals surface area contributed by atoms with E-state index in [-0.39, 0.29) is 11.4 Å². The van der Waals surface area contributed by atoms with E-state index in [2.05, 4.69) is 52.1 Å². The number of fused-ring (bicyclic) bond motifs is 1. The van der Waals surface area contributed by atoms with Crippen LogP contribution in [0.3, 0.4) is 0 Å². The van der Waals surface area contributed by atoms with Gasteiger partial charge < -0.3 is 4.74 Å². The molecule has 0 aliphatic heterocycles. The van der Waals surface area contributed by atoms with Crippen molar-refractivity contribution < 1.29 is 4.74 Å². The summed E-state index contributed by atoms with van der Waals surface area (Å²) in [6, 6.07) is 10.1. The molecule has 0 fully saturated rings. The molecule has 28 heavy (non-hydrogen) atoms. The smallest absolute Gasteiger partial charge is 0.349 e. The van der Waals surface area contributed by atoms with Gasteiger partial charge in [-0.05, 0) is 56.1 Å². The van der Waals surface area contributed by atoms with Gasteiger partial charge in [0.2, 0.25) is 5.88 Å². The van der Waals surface area contributed by atoms with E-state index < -0.39 is 11.2 Å². The number of halogens is 2. The first-order valence-corrected chi connectivity index (χ1v) is 9.36. The van der Waals surface area contributed by atoms with E-state index in [1.54, 1.807) is 36.4 Å². The van der Waals surface area contributed by atoms with Crippen molar-refractivity contribution >= 4 is 42.6 Å². The topological polar surface area (TPSA) is 123 Å². The van der Waals surface area contributed by atoms with Gasteiger partial charge in [-0.15, -0.1) is 5.10 Å². The first-order valence-electron chi connectivity index (χ1n) is 7.77. The molecule has 0 amide bonds. The Labute approximate surface area is 172 Å². The van der Waals surface area contributed by atoms with Crippen molar-refractivity contribution in [1.29, 1.82) is 0 Å². The lowest BCUT2D eigenvalue weighted by Gasteiger charge is -2.12. The quantitative estimate of drug-likeness (QED) is 0.440. The zero-order valence-corrected chi connectivity index (χ0v) is 16.9. The van der Waals surface area contributed by atoms with Gasteiger partial charge in [-0.1, -0.05) is 12.1 Å². The minimum absolute atomic E-state index is 0.212. The Hall–Kier alpha value is -3.05. The molecular formula is C17H9Br2N5O4. The number of aromatic nitrogens is 5. The Bertz CT molecular complexity index is 1370. The highest BCUT2D eigenvalue weighted by Crippen LogP contribution is 2.39. The van der Waals surface area contributed by atoms with Crippen molar-refractivity contribution in [1.82, 2.24) is 25.0 Å². The van der Waals surface area contributed by atoms with Crippen LogP contribution in [0.25, 0.3) is 16.5 Å². The molecule has 2 N–H and O–H groups in total. The third-order valence-corrected chi connectivity index (χ3v) is 4.98. The van der Waals surface area contributed by atoms with Gasteiger partial charge in [0, 0.05) is 0 Å². The van der Waals surface area contributed by atoms with Crippen molar-refractivity contribution in [3.8, 4) is 17.3 Å². The monoisotopic (exact) mass is 505 g/mol. The molecule has 0 spiro atoms. The van der Waals surface area contributed by atoms with Crippen LogP contribution < -0.4 is 21.5 Å². The van der Waals surface area contributed by atoms with E-state index in [0.717, 1.165) is 10.9 Å². The van der Waals surface area contributed by atoms with Crippen LogP contribution in [-0.4, -0.2) is 25.0 Å². The number of aromatic amines is 2. The lowest BCUT2D eigenvalue weighted by Crippen LogP contribution is -2.30. The van der Waals surface area contributed by atoms with Gasteiger partial charge in [0.25, 0.3) is 11.1 Å². The molecule has 9 nitrogen and oxygen atoms in total. The van der Waals surface area contributed by atoms with Gasteiger partial charge in [0.1, 0.15) is 6.20 Å². The van der Waals surface area contributed by atoms with Crippen molar-refractivity contribution in [2.24, 2.45) is 0 Å². The molecule has 0 saturated heterocycles. The third-order valence-electron chi connectivity index (χ3n) is 3.80. The van der Waals surface area contributed by atoms with E-state index in [0.29, 0.717) is 31.2 Å². The van der Waals surface area contributed by atoms with Crippen molar-refractivity contribution in [2.75, 3.05) is 0 Å². The number of nitrogens with zero attached hydrogens (tertiary/aromatic N) is 3. The van der Waals surface area contributed by atoms with E-state index in [9.17, 15) is 14.4 Å². The van der Waals surface area contributed by atoms with Crippen molar-refractivity contribution in [3.63, 3.8) is 0 Å². The Morgan fingerprint density at radius 3 is 2.36 bits per heavy atom. The molecule has 0 atom stereocenters. The predicted molar refractivity (Wildman–Crippen MR) is 108 cm³/mol. The molecule has 140 valence electrons. The zero-order chi connectivity index (χ0) is 19.8. The third kappa shape index (κ3) is 3.29. The van der Waals surface area contributed by atoms with Crippen LogP contribution in [0.15, 0.2) is 65.9 Å². The molecule has 0 saturated carbocycles. The Kier molecular flexibility index (Phi) is 4.69. The van der Waals surface area contributed by atoms with E-state index in [1.807, 2.05) is 0 Å². The van der Waals surface area contributed by atoms with Crippen LogP contribution in [0.1, 0.15) is 0 Å². The first kappa shape index (κ1) is 18.3. The second-order valence-corrected chi connectivity index (χ2v) is 7.30. The largest absolute Gasteiger partial charge is 0.435 e. The average molecular weight is 507 g/mol. The van der Waals surface area contributed by atoms with Crippen LogP contribution in [0.2, 0.25) is 0 Å². The summed E-state index contributed by atoms with van der Waals surface area (Å²) in [5.41, 5.74) is -1.18. The standard InChI is InChI=1S/C17H9Br2N5O4/c18-11-5-8(24-17(27)21-13(25)7-20-24)6-12(19)14(11)28-16-10-4-2-1-3-9(10)15(26)22-23-16/h1-7H,(H,22,26)(H,21,25,27). The highest BCUT2D eigenvalue weighted by atomic mass is 79.9. The number of H-pyrrole nitrogens is 2. The van der Waals surface area contributed by atoms with Crippen LogP contribution in [-0.2, 0) is 0 Å². The molecule has 0 radical (unpaired) electrons. The molecule has 2 aromatic heterocycles. The fraction of sp³-hybridized carbons (Fsp3) is 0. The van der Waals surface area contributed by atoms with Crippen LogP contribution in [0.5, 0.6) is 11.6 Å². The molecule has 0 bridgehead atoms. The van der Waals surface area contributed by atoms with E-state index in [1.165, 1.54) is 0 Å². The highest BCUT2D eigenvalue weighted by Gasteiger charge is 2.15. The van der Waals surface area contributed by atoms with Gasteiger partial charge >= 0.3 is 5.69 Å². The van der Waals surface area contributed by atoms with Gasteiger partial charge in [0.15, 0.2) is 5.75 Å². The van der Waals surface area contributed by atoms with E-state index in [4.69, 9.17) is 4.74 Å². The SMILES string of the molecule is O=c1cnn(-c2cc(Br)c(Oc3n[nH]c(=O)c4ccccc34)c(Br)c2)c(=O)[nH]1. The first-order chi connectivity index (χ1) is 13.4.